The summed E-state index contributed by atoms with van der Waals surface area (Å²) in [7, 11) is 0. The van der Waals surface area contributed by atoms with Crippen molar-refractivity contribution < 1.29 is 4.42 Å². The van der Waals surface area contributed by atoms with Crippen molar-refractivity contribution in [2.24, 2.45) is 23.7 Å². The fraction of sp³-hybridized carbons (Fsp3) is 0.217. The van der Waals surface area contributed by atoms with Gasteiger partial charge in [-0.3, -0.25) is 0 Å². The Morgan fingerprint density at radius 1 is 0.500 bits per heavy atom. The first-order chi connectivity index (χ1) is 23.8. The SMILES string of the molecule is c1ccc2c(c1)-c1c(-c3cccc4c3c3ccccc3n4-c3ccc4c(c3)oc3ccccc34)cccc1C21C2CC3CC(C2)CC1C3. The minimum absolute atomic E-state index is 0.166. The molecule has 5 aliphatic carbocycles. The van der Waals surface area contributed by atoms with E-state index in [4.69, 9.17) is 4.42 Å². The van der Waals surface area contributed by atoms with Crippen LogP contribution in [0.2, 0.25) is 0 Å². The van der Waals surface area contributed by atoms with E-state index < -0.39 is 0 Å². The highest BCUT2D eigenvalue weighted by atomic mass is 16.3. The molecule has 230 valence electrons. The Bertz CT molecular complexity index is 2620. The Morgan fingerprint density at radius 2 is 1.15 bits per heavy atom. The molecule has 0 N–H and O–H groups in total. The van der Waals surface area contributed by atoms with Crippen molar-refractivity contribution in [3.8, 4) is 27.9 Å². The minimum Gasteiger partial charge on any atom is -0.456 e. The predicted octanol–water partition coefficient (Wildman–Crippen LogP) is 12.1. The molecule has 4 bridgehead atoms. The van der Waals surface area contributed by atoms with Crippen molar-refractivity contribution in [2.45, 2.75) is 37.5 Å². The fourth-order valence-electron chi connectivity index (χ4n) is 11.8. The highest BCUT2D eigenvalue weighted by Gasteiger charge is 2.61. The molecule has 13 rings (SSSR count). The summed E-state index contributed by atoms with van der Waals surface area (Å²) in [4.78, 5) is 0. The van der Waals surface area contributed by atoms with Gasteiger partial charge >= 0.3 is 0 Å². The van der Waals surface area contributed by atoms with E-state index in [9.17, 15) is 0 Å². The van der Waals surface area contributed by atoms with E-state index in [1.54, 1.807) is 11.1 Å². The van der Waals surface area contributed by atoms with Crippen molar-refractivity contribution >= 4 is 43.7 Å². The molecule has 4 fully saturated rings. The van der Waals surface area contributed by atoms with Gasteiger partial charge in [0.15, 0.2) is 0 Å². The van der Waals surface area contributed by atoms with Gasteiger partial charge in [0.1, 0.15) is 11.2 Å². The van der Waals surface area contributed by atoms with E-state index in [2.05, 4.69) is 126 Å². The molecule has 48 heavy (non-hydrogen) atoms. The first kappa shape index (κ1) is 25.9. The fourth-order valence-corrected chi connectivity index (χ4v) is 11.8. The van der Waals surface area contributed by atoms with Crippen molar-refractivity contribution in [2.75, 3.05) is 0 Å². The molecule has 8 aromatic rings. The number of para-hydroxylation sites is 2. The van der Waals surface area contributed by atoms with E-state index in [-0.39, 0.29) is 5.41 Å². The average Bonchev–Trinajstić information content (AvgIpc) is 3.76. The van der Waals surface area contributed by atoms with E-state index in [0.29, 0.717) is 0 Å². The first-order valence-electron chi connectivity index (χ1n) is 17.9. The molecular formula is C46H35NO. The van der Waals surface area contributed by atoms with Gasteiger partial charge in [0, 0.05) is 38.7 Å². The van der Waals surface area contributed by atoms with E-state index >= 15 is 0 Å². The molecule has 0 radical (unpaired) electrons. The molecule has 0 aliphatic heterocycles. The first-order valence-corrected chi connectivity index (χ1v) is 17.9. The zero-order valence-corrected chi connectivity index (χ0v) is 26.8. The smallest absolute Gasteiger partial charge is 0.137 e. The van der Waals surface area contributed by atoms with Crippen LogP contribution in [-0.2, 0) is 5.41 Å². The molecule has 0 atom stereocenters. The number of nitrogens with zero attached hydrogens (tertiary/aromatic N) is 1. The lowest BCUT2D eigenvalue weighted by molar-refractivity contribution is -0.0399. The molecule has 2 aromatic heterocycles. The third-order valence-electron chi connectivity index (χ3n) is 13.2. The Morgan fingerprint density at radius 3 is 2.02 bits per heavy atom. The van der Waals surface area contributed by atoms with Crippen LogP contribution >= 0.6 is 0 Å². The van der Waals surface area contributed by atoms with Gasteiger partial charge in [-0.2, -0.15) is 0 Å². The number of benzene rings is 6. The molecule has 0 unspecified atom stereocenters. The summed E-state index contributed by atoms with van der Waals surface area (Å²) in [6.45, 7) is 0. The lowest BCUT2D eigenvalue weighted by atomic mass is 9.43. The summed E-state index contributed by atoms with van der Waals surface area (Å²) in [5, 5.41) is 4.95. The van der Waals surface area contributed by atoms with Crippen LogP contribution < -0.4 is 0 Å². The van der Waals surface area contributed by atoms with E-state index in [1.807, 2.05) is 6.07 Å². The second kappa shape index (κ2) is 9.08. The maximum Gasteiger partial charge on any atom is 0.137 e. The molecule has 4 saturated carbocycles. The molecule has 5 aliphatic rings. The van der Waals surface area contributed by atoms with Crippen LogP contribution in [-0.4, -0.2) is 4.57 Å². The minimum atomic E-state index is 0.166. The van der Waals surface area contributed by atoms with Crippen LogP contribution in [0.25, 0.3) is 71.7 Å². The van der Waals surface area contributed by atoms with Crippen LogP contribution in [0.1, 0.15) is 43.2 Å². The highest BCUT2D eigenvalue weighted by molar-refractivity contribution is 6.17. The molecule has 0 amide bonds. The van der Waals surface area contributed by atoms with Gasteiger partial charge in [-0.05, 0) is 119 Å². The number of hydrogen-bond donors (Lipinski definition) is 0. The Labute approximate surface area is 279 Å². The molecule has 0 saturated heterocycles. The van der Waals surface area contributed by atoms with Crippen LogP contribution in [0.15, 0.2) is 132 Å². The van der Waals surface area contributed by atoms with Crippen LogP contribution in [0.4, 0.5) is 0 Å². The summed E-state index contributed by atoms with van der Waals surface area (Å²) < 4.78 is 8.82. The van der Waals surface area contributed by atoms with Crippen molar-refractivity contribution in [3.05, 3.63) is 139 Å². The van der Waals surface area contributed by atoms with Crippen molar-refractivity contribution in [1.82, 2.24) is 4.57 Å². The molecule has 2 heterocycles. The topological polar surface area (TPSA) is 18.1 Å². The summed E-state index contributed by atoms with van der Waals surface area (Å²) in [6.07, 6.45) is 7.10. The third kappa shape index (κ3) is 3.10. The second-order valence-corrected chi connectivity index (χ2v) is 15.3. The lowest BCUT2D eigenvalue weighted by Gasteiger charge is -2.61. The highest BCUT2D eigenvalue weighted by Crippen LogP contribution is 2.70. The van der Waals surface area contributed by atoms with Gasteiger partial charge in [0.2, 0.25) is 0 Å². The zero-order valence-electron chi connectivity index (χ0n) is 26.8. The van der Waals surface area contributed by atoms with Gasteiger partial charge in [-0.15, -0.1) is 0 Å². The summed E-state index contributed by atoms with van der Waals surface area (Å²) in [5.74, 6) is 3.40. The third-order valence-corrected chi connectivity index (χ3v) is 13.2. The van der Waals surface area contributed by atoms with Gasteiger partial charge < -0.3 is 8.98 Å². The van der Waals surface area contributed by atoms with Gasteiger partial charge in [0.05, 0.1) is 11.0 Å². The van der Waals surface area contributed by atoms with Gasteiger partial charge in [-0.25, -0.2) is 0 Å². The molecule has 6 aromatic carbocycles. The number of hydrogen-bond acceptors (Lipinski definition) is 1. The summed E-state index contributed by atoms with van der Waals surface area (Å²) in [5.41, 5.74) is 14.5. The molecule has 2 nitrogen and oxygen atoms in total. The lowest BCUT2D eigenvalue weighted by Crippen LogP contribution is -2.55. The summed E-state index contributed by atoms with van der Waals surface area (Å²) >= 11 is 0. The second-order valence-electron chi connectivity index (χ2n) is 15.3. The van der Waals surface area contributed by atoms with Crippen molar-refractivity contribution in [1.29, 1.82) is 0 Å². The largest absolute Gasteiger partial charge is 0.456 e. The van der Waals surface area contributed by atoms with Crippen molar-refractivity contribution in [3.63, 3.8) is 0 Å². The number of fused-ring (bicyclic) bond motifs is 9. The molecular weight excluding hydrogens is 583 g/mol. The van der Waals surface area contributed by atoms with E-state index in [0.717, 1.165) is 45.9 Å². The predicted molar refractivity (Wildman–Crippen MR) is 197 cm³/mol. The standard InChI is InChI=1S/C46H35NO/c1-4-14-38-36(10-1)44-34(12-7-15-39(44)46(38)29-22-27-21-28(24-29)25-30(46)23-27)35-13-8-17-41-45(35)37-11-2-5-16-40(37)47(41)31-19-20-33-32-9-3-6-18-42(32)48-43(33)26-31/h1-20,26-30H,21-25H2. The quantitative estimate of drug-likeness (QED) is 0.189. The van der Waals surface area contributed by atoms with E-state index in [1.165, 1.54) is 81.5 Å². The Balaban J connectivity index is 1.13. The molecule has 2 heteroatoms. The maximum absolute atomic E-state index is 6.37. The van der Waals surface area contributed by atoms with Gasteiger partial charge in [0.25, 0.3) is 0 Å². The normalized spacial score (nSPS) is 25.2. The average molecular weight is 618 g/mol. The van der Waals surface area contributed by atoms with Crippen LogP contribution in [0, 0.1) is 23.7 Å². The maximum atomic E-state index is 6.37. The van der Waals surface area contributed by atoms with Crippen LogP contribution in [0.3, 0.4) is 0 Å². The molecule has 1 spiro atoms. The Hall–Kier alpha value is -5.08. The zero-order chi connectivity index (χ0) is 31.1. The summed E-state index contributed by atoms with van der Waals surface area (Å²) in [6, 6.07) is 47.8. The Kier molecular flexibility index (Phi) is 4.91. The van der Waals surface area contributed by atoms with Crippen LogP contribution in [0.5, 0.6) is 0 Å². The van der Waals surface area contributed by atoms with Gasteiger partial charge in [-0.1, -0.05) is 91.0 Å². The monoisotopic (exact) mass is 617 g/mol. The number of furan rings is 1. The number of aromatic nitrogens is 1. The number of rotatable bonds is 2.